The highest BCUT2D eigenvalue weighted by molar-refractivity contribution is 5.77. The Balaban J connectivity index is 2.33. The number of carbonyl (C=O) groups excluding carboxylic acids is 1. The first-order valence-corrected chi connectivity index (χ1v) is 6.03. The third-order valence-electron chi connectivity index (χ3n) is 2.68. The quantitative estimate of drug-likeness (QED) is 0.805. The van der Waals surface area contributed by atoms with Gasteiger partial charge in [0.05, 0.1) is 12.2 Å². The molecule has 0 aliphatic heterocycles. The Hall–Kier alpha value is -1.36. The van der Waals surface area contributed by atoms with Gasteiger partial charge in [0, 0.05) is 32.4 Å². The Labute approximate surface area is 103 Å². The number of nitrogens with one attached hydrogen (secondary N) is 1. The molecule has 1 heterocycles. The third-order valence-corrected chi connectivity index (χ3v) is 2.68. The number of carbonyl (C=O) groups is 1. The number of amides is 1. The first-order chi connectivity index (χ1) is 8.04. The monoisotopic (exact) mass is 238 g/mol. The number of aromatic nitrogens is 2. The van der Waals surface area contributed by atoms with Crippen LogP contribution in [0.3, 0.4) is 0 Å². The topological polar surface area (TPSA) is 50.2 Å². The lowest BCUT2D eigenvalue weighted by atomic mass is 10.4. The molecule has 0 aliphatic carbocycles. The van der Waals surface area contributed by atoms with Crippen molar-refractivity contribution < 1.29 is 4.79 Å². The van der Waals surface area contributed by atoms with Gasteiger partial charge >= 0.3 is 0 Å². The van der Waals surface area contributed by atoms with E-state index in [4.69, 9.17) is 0 Å². The van der Waals surface area contributed by atoms with E-state index >= 15 is 0 Å². The van der Waals surface area contributed by atoms with Gasteiger partial charge in [0.1, 0.15) is 0 Å². The molecule has 0 atom stereocenters. The molecule has 1 aromatic heterocycles. The average molecular weight is 238 g/mol. The van der Waals surface area contributed by atoms with Crippen molar-refractivity contribution in [2.45, 2.75) is 33.4 Å². The van der Waals surface area contributed by atoms with E-state index in [0.29, 0.717) is 19.1 Å². The van der Waals surface area contributed by atoms with E-state index in [2.05, 4.69) is 24.3 Å². The highest BCUT2D eigenvalue weighted by Gasteiger charge is 2.06. The minimum Gasteiger partial charge on any atom is -0.345 e. The summed E-state index contributed by atoms with van der Waals surface area (Å²) < 4.78 is 1.91. The Morgan fingerprint density at radius 3 is 2.82 bits per heavy atom. The molecule has 0 saturated heterocycles. The first-order valence-electron chi connectivity index (χ1n) is 6.03. The van der Waals surface area contributed by atoms with Crippen molar-refractivity contribution in [3.63, 3.8) is 0 Å². The summed E-state index contributed by atoms with van der Waals surface area (Å²) in [5.74, 6) is 0.107. The van der Waals surface area contributed by atoms with Crippen molar-refractivity contribution in [3.8, 4) is 0 Å². The van der Waals surface area contributed by atoms with Crippen LogP contribution >= 0.6 is 0 Å². The summed E-state index contributed by atoms with van der Waals surface area (Å²) in [7, 11) is 1.80. The van der Waals surface area contributed by atoms with Crippen LogP contribution in [-0.4, -0.2) is 40.7 Å². The maximum atomic E-state index is 11.5. The van der Waals surface area contributed by atoms with Gasteiger partial charge in [-0.2, -0.15) is 5.10 Å². The minimum absolute atomic E-state index is 0.107. The molecule has 1 rings (SSSR count). The summed E-state index contributed by atoms with van der Waals surface area (Å²) in [6, 6.07) is 2.35. The zero-order valence-corrected chi connectivity index (χ0v) is 11.1. The van der Waals surface area contributed by atoms with Gasteiger partial charge < -0.3 is 10.2 Å². The molecule has 0 spiro atoms. The summed E-state index contributed by atoms with van der Waals surface area (Å²) in [5, 5.41) is 7.50. The molecule has 17 heavy (non-hydrogen) atoms. The maximum absolute atomic E-state index is 11.5. The van der Waals surface area contributed by atoms with Crippen molar-refractivity contribution in [2.75, 3.05) is 20.1 Å². The van der Waals surface area contributed by atoms with Crippen LogP contribution < -0.4 is 5.32 Å². The van der Waals surface area contributed by atoms with Crippen LogP contribution in [0.1, 0.15) is 32.5 Å². The number of hydrogen-bond donors (Lipinski definition) is 1. The molecule has 5 nitrogen and oxygen atoms in total. The molecular formula is C12H22N4O. The lowest BCUT2D eigenvalue weighted by Crippen LogP contribution is -2.35. The van der Waals surface area contributed by atoms with E-state index < -0.39 is 0 Å². The van der Waals surface area contributed by atoms with E-state index in [1.807, 2.05) is 23.9 Å². The summed E-state index contributed by atoms with van der Waals surface area (Å²) in [4.78, 5) is 13.2. The summed E-state index contributed by atoms with van der Waals surface area (Å²) >= 11 is 0. The van der Waals surface area contributed by atoms with Gasteiger partial charge in [-0.05, 0) is 26.8 Å². The van der Waals surface area contributed by atoms with Gasteiger partial charge in [0.2, 0.25) is 5.91 Å². The van der Waals surface area contributed by atoms with Gasteiger partial charge in [-0.25, -0.2) is 0 Å². The number of likely N-dealkylation sites (N-methyl/N-ethyl adjacent to an activating group) is 1. The van der Waals surface area contributed by atoms with Crippen molar-refractivity contribution in [2.24, 2.45) is 0 Å². The Bertz CT molecular complexity index is 359. The van der Waals surface area contributed by atoms with Gasteiger partial charge in [0.25, 0.3) is 0 Å². The van der Waals surface area contributed by atoms with E-state index in [9.17, 15) is 4.79 Å². The Morgan fingerprint density at radius 2 is 2.29 bits per heavy atom. The van der Waals surface area contributed by atoms with Crippen molar-refractivity contribution >= 4 is 5.91 Å². The second-order valence-corrected chi connectivity index (χ2v) is 4.39. The van der Waals surface area contributed by atoms with Gasteiger partial charge in [0.15, 0.2) is 0 Å². The highest BCUT2D eigenvalue weighted by Crippen LogP contribution is 2.03. The zero-order valence-electron chi connectivity index (χ0n) is 11.1. The van der Waals surface area contributed by atoms with Gasteiger partial charge in [-0.3, -0.25) is 9.48 Å². The highest BCUT2D eigenvalue weighted by atomic mass is 16.2. The maximum Gasteiger partial charge on any atom is 0.236 e. The van der Waals surface area contributed by atoms with Crippen LogP contribution in [0, 0.1) is 0 Å². The van der Waals surface area contributed by atoms with E-state index in [1.165, 1.54) is 0 Å². The lowest BCUT2D eigenvalue weighted by Gasteiger charge is -2.14. The summed E-state index contributed by atoms with van der Waals surface area (Å²) in [5.41, 5.74) is 0.964. The largest absolute Gasteiger partial charge is 0.345 e. The third kappa shape index (κ3) is 4.19. The number of nitrogens with zero attached hydrogens (tertiary/aromatic N) is 3. The normalized spacial score (nSPS) is 10.9. The van der Waals surface area contributed by atoms with E-state index in [-0.39, 0.29) is 5.91 Å². The molecule has 0 unspecified atom stereocenters. The van der Waals surface area contributed by atoms with Crippen LogP contribution in [0.2, 0.25) is 0 Å². The molecule has 0 fully saturated rings. The van der Waals surface area contributed by atoms with Crippen LogP contribution in [0.5, 0.6) is 0 Å². The molecular weight excluding hydrogens is 216 g/mol. The molecule has 1 aromatic rings. The van der Waals surface area contributed by atoms with Gasteiger partial charge in [-0.15, -0.1) is 0 Å². The second kappa shape index (κ2) is 6.39. The molecule has 96 valence electrons. The zero-order chi connectivity index (χ0) is 12.8. The number of hydrogen-bond acceptors (Lipinski definition) is 3. The predicted octanol–water partition coefficient (Wildman–Crippen LogP) is 1.03. The van der Waals surface area contributed by atoms with Crippen LogP contribution in [0.15, 0.2) is 12.3 Å². The lowest BCUT2D eigenvalue weighted by molar-refractivity contribution is -0.128. The molecule has 0 aliphatic rings. The molecule has 0 aromatic carbocycles. The average Bonchev–Trinajstić information content (AvgIpc) is 2.76. The molecule has 1 N–H and O–H groups in total. The first kappa shape index (κ1) is 13.7. The number of rotatable bonds is 6. The van der Waals surface area contributed by atoms with E-state index in [0.717, 1.165) is 12.2 Å². The SMILES string of the molecule is CCN(C)C(=O)CNCc1ccn(C(C)C)n1. The summed E-state index contributed by atoms with van der Waals surface area (Å²) in [6.45, 7) is 7.86. The fourth-order valence-electron chi connectivity index (χ4n) is 1.37. The van der Waals surface area contributed by atoms with E-state index in [1.54, 1.807) is 11.9 Å². The molecule has 0 saturated carbocycles. The van der Waals surface area contributed by atoms with Crippen LogP contribution in [-0.2, 0) is 11.3 Å². The molecule has 0 bridgehead atoms. The summed E-state index contributed by atoms with van der Waals surface area (Å²) in [6.07, 6.45) is 1.96. The fraction of sp³-hybridized carbons (Fsp3) is 0.667. The smallest absolute Gasteiger partial charge is 0.236 e. The van der Waals surface area contributed by atoms with Crippen LogP contribution in [0.25, 0.3) is 0 Å². The standard InChI is InChI=1S/C12H22N4O/c1-5-15(4)12(17)9-13-8-11-6-7-16(14-11)10(2)3/h6-7,10,13H,5,8-9H2,1-4H3. The molecule has 0 radical (unpaired) electrons. The van der Waals surface area contributed by atoms with Gasteiger partial charge in [-0.1, -0.05) is 0 Å². The van der Waals surface area contributed by atoms with Crippen molar-refractivity contribution in [3.05, 3.63) is 18.0 Å². The second-order valence-electron chi connectivity index (χ2n) is 4.39. The predicted molar refractivity (Wildman–Crippen MR) is 67.6 cm³/mol. The Kier molecular flexibility index (Phi) is 5.15. The van der Waals surface area contributed by atoms with Crippen molar-refractivity contribution in [1.82, 2.24) is 20.0 Å². The molecule has 5 heteroatoms. The Morgan fingerprint density at radius 1 is 1.59 bits per heavy atom. The van der Waals surface area contributed by atoms with Crippen molar-refractivity contribution in [1.29, 1.82) is 0 Å². The minimum atomic E-state index is 0.107. The molecule has 1 amide bonds. The van der Waals surface area contributed by atoms with Crippen LogP contribution in [0.4, 0.5) is 0 Å². The fourth-order valence-corrected chi connectivity index (χ4v) is 1.37.